The molecule has 2 N–H and O–H groups in total. The largest absolute Gasteiger partial charge is 0.359 e. The molecule has 0 spiro atoms. The van der Waals surface area contributed by atoms with Gasteiger partial charge in [0.1, 0.15) is 11.6 Å². The van der Waals surface area contributed by atoms with Gasteiger partial charge in [0.25, 0.3) is 5.91 Å². The van der Waals surface area contributed by atoms with Crippen molar-refractivity contribution < 1.29 is 4.79 Å². The monoisotopic (exact) mass is 421 g/mol. The van der Waals surface area contributed by atoms with E-state index < -0.39 is 11.9 Å². The summed E-state index contributed by atoms with van der Waals surface area (Å²) >= 11 is 12.1. The maximum Gasteiger partial charge on any atom is 0.264 e. The highest BCUT2D eigenvalue weighted by atomic mass is 35.5. The van der Waals surface area contributed by atoms with Gasteiger partial charge in [0.05, 0.1) is 21.8 Å². The van der Waals surface area contributed by atoms with Crippen LogP contribution >= 0.6 is 23.2 Å². The van der Waals surface area contributed by atoms with E-state index >= 15 is 0 Å². The molecule has 3 aromatic rings. The number of halogens is 2. The smallest absolute Gasteiger partial charge is 0.264 e. The van der Waals surface area contributed by atoms with Crippen molar-refractivity contribution in [1.29, 1.82) is 5.26 Å². The van der Waals surface area contributed by atoms with Gasteiger partial charge in [-0.05, 0) is 23.3 Å². The molecule has 3 rings (SSSR count). The van der Waals surface area contributed by atoms with Gasteiger partial charge >= 0.3 is 0 Å². The van der Waals surface area contributed by atoms with E-state index in [1.165, 1.54) is 6.20 Å². The molecule has 0 aliphatic heterocycles. The number of benzene rings is 3. The molecule has 29 heavy (non-hydrogen) atoms. The zero-order chi connectivity index (χ0) is 20.6. The Hall–Kier alpha value is -3.26. The average molecular weight is 422 g/mol. The maximum absolute atomic E-state index is 12.8. The number of anilines is 1. The van der Waals surface area contributed by atoms with Crippen LogP contribution in [-0.2, 0) is 4.79 Å². The minimum Gasteiger partial charge on any atom is -0.359 e. The first-order valence-corrected chi connectivity index (χ1v) is 9.57. The van der Waals surface area contributed by atoms with Crippen molar-refractivity contribution >= 4 is 34.8 Å². The number of nitrogens with one attached hydrogen (secondary N) is 2. The summed E-state index contributed by atoms with van der Waals surface area (Å²) in [5, 5.41) is 16.0. The fraction of sp³-hybridized carbons (Fsp3) is 0.0435. The summed E-state index contributed by atoms with van der Waals surface area (Å²) in [7, 11) is 0. The first kappa shape index (κ1) is 20.5. The minimum absolute atomic E-state index is 0.0853. The molecule has 0 unspecified atom stereocenters. The number of hydrogen-bond acceptors (Lipinski definition) is 3. The molecule has 0 bridgehead atoms. The molecule has 0 atom stereocenters. The molecule has 0 aliphatic rings. The van der Waals surface area contributed by atoms with Gasteiger partial charge in [0.15, 0.2) is 0 Å². The first-order valence-electron chi connectivity index (χ1n) is 8.81. The fourth-order valence-corrected chi connectivity index (χ4v) is 3.13. The molecule has 0 saturated carbocycles. The molecular formula is C23H17Cl2N3O. The summed E-state index contributed by atoms with van der Waals surface area (Å²) in [5.74, 6) is -0.504. The number of hydrogen-bond donors (Lipinski definition) is 2. The summed E-state index contributed by atoms with van der Waals surface area (Å²) < 4.78 is 0. The highest BCUT2D eigenvalue weighted by molar-refractivity contribution is 6.43. The standard InChI is InChI=1S/C23H17Cl2N3O/c24-19-12-7-13-20(21(19)25)27-15-18(14-26)23(29)28-22(16-8-3-1-4-9-16)17-10-5-2-6-11-17/h1-13,15,22,27H,(H,28,29)/b18-15-. The van der Waals surface area contributed by atoms with Crippen molar-refractivity contribution in [3.05, 3.63) is 112 Å². The van der Waals surface area contributed by atoms with Crippen LogP contribution in [0.3, 0.4) is 0 Å². The lowest BCUT2D eigenvalue weighted by Crippen LogP contribution is -2.30. The summed E-state index contributed by atoms with van der Waals surface area (Å²) in [6.07, 6.45) is 1.32. The van der Waals surface area contributed by atoms with Crippen molar-refractivity contribution in [2.45, 2.75) is 6.04 Å². The molecule has 6 heteroatoms. The normalized spacial score (nSPS) is 11.0. The van der Waals surface area contributed by atoms with E-state index in [4.69, 9.17) is 23.2 Å². The lowest BCUT2D eigenvalue weighted by atomic mass is 9.98. The minimum atomic E-state index is -0.504. The van der Waals surface area contributed by atoms with E-state index in [0.29, 0.717) is 15.7 Å². The summed E-state index contributed by atoms with van der Waals surface area (Å²) in [4.78, 5) is 12.8. The Morgan fingerprint density at radius 2 is 1.48 bits per heavy atom. The molecule has 0 aliphatic carbocycles. The second kappa shape index (κ2) is 9.79. The quantitative estimate of drug-likeness (QED) is 0.395. The van der Waals surface area contributed by atoms with Gasteiger partial charge in [-0.1, -0.05) is 89.9 Å². The van der Waals surface area contributed by atoms with Gasteiger partial charge in [-0.2, -0.15) is 5.26 Å². The third kappa shape index (κ3) is 5.17. The average Bonchev–Trinajstić information content (AvgIpc) is 2.76. The van der Waals surface area contributed by atoms with Gasteiger partial charge < -0.3 is 10.6 Å². The van der Waals surface area contributed by atoms with E-state index in [-0.39, 0.29) is 5.57 Å². The van der Waals surface area contributed by atoms with Gasteiger partial charge in [0.2, 0.25) is 0 Å². The van der Waals surface area contributed by atoms with Crippen LogP contribution in [-0.4, -0.2) is 5.91 Å². The van der Waals surface area contributed by atoms with Crippen LogP contribution in [0.15, 0.2) is 90.6 Å². The zero-order valence-corrected chi connectivity index (χ0v) is 16.8. The first-order chi connectivity index (χ1) is 14.1. The molecule has 0 saturated heterocycles. The Bertz CT molecular complexity index is 1020. The predicted molar refractivity (Wildman–Crippen MR) is 117 cm³/mol. The van der Waals surface area contributed by atoms with Crippen molar-refractivity contribution in [2.24, 2.45) is 0 Å². The summed E-state index contributed by atoms with van der Waals surface area (Å²) in [6.45, 7) is 0. The fourth-order valence-electron chi connectivity index (χ4n) is 2.77. The zero-order valence-electron chi connectivity index (χ0n) is 15.3. The number of rotatable bonds is 6. The number of amides is 1. The number of carbonyl (C=O) groups is 1. The van der Waals surface area contributed by atoms with Crippen molar-refractivity contribution in [3.8, 4) is 6.07 Å². The molecule has 144 valence electrons. The van der Waals surface area contributed by atoms with Crippen molar-refractivity contribution in [3.63, 3.8) is 0 Å². The Balaban J connectivity index is 1.84. The van der Waals surface area contributed by atoms with Crippen molar-refractivity contribution in [2.75, 3.05) is 5.32 Å². The highest BCUT2D eigenvalue weighted by Crippen LogP contribution is 2.29. The van der Waals surface area contributed by atoms with Crippen LogP contribution in [0.25, 0.3) is 0 Å². The third-order valence-corrected chi connectivity index (χ3v) is 5.05. The van der Waals surface area contributed by atoms with Crippen LogP contribution < -0.4 is 10.6 Å². The van der Waals surface area contributed by atoms with E-state index in [0.717, 1.165) is 11.1 Å². The topological polar surface area (TPSA) is 64.9 Å². The summed E-state index contributed by atoms with van der Waals surface area (Å²) in [6, 6.07) is 25.8. The molecule has 4 nitrogen and oxygen atoms in total. The Morgan fingerprint density at radius 1 is 0.897 bits per heavy atom. The molecular weight excluding hydrogens is 405 g/mol. The van der Waals surface area contributed by atoms with E-state index in [1.807, 2.05) is 66.7 Å². The van der Waals surface area contributed by atoms with Gasteiger partial charge in [0, 0.05) is 6.20 Å². The molecule has 0 radical (unpaired) electrons. The Labute approximate surface area is 179 Å². The van der Waals surface area contributed by atoms with E-state index in [1.54, 1.807) is 18.2 Å². The lowest BCUT2D eigenvalue weighted by Gasteiger charge is -2.19. The number of nitrogens with zero attached hydrogens (tertiary/aromatic N) is 1. The lowest BCUT2D eigenvalue weighted by molar-refractivity contribution is -0.117. The summed E-state index contributed by atoms with van der Waals surface area (Å²) in [5.41, 5.74) is 2.24. The molecule has 1 amide bonds. The van der Waals surface area contributed by atoms with Crippen LogP contribution in [0.2, 0.25) is 10.0 Å². The third-order valence-electron chi connectivity index (χ3n) is 4.23. The second-order valence-corrected chi connectivity index (χ2v) is 6.93. The van der Waals surface area contributed by atoms with E-state index in [2.05, 4.69) is 10.6 Å². The van der Waals surface area contributed by atoms with Crippen LogP contribution in [0.4, 0.5) is 5.69 Å². The van der Waals surface area contributed by atoms with Crippen LogP contribution in [0, 0.1) is 11.3 Å². The molecule has 0 heterocycles. The van der Waals surface area contributed by atoms with Gasteiger partial charge in [-0.15, -0.1) is 0 Å². The highest BCUT2D eigenvalue weighted by Gasteiger charge is 2.19. The predicted octanol–water partition coefficient (Wildman–Crippen LogP) is 5.72. The number of nitriles is 1. The second-order valence-electron chi connectivity index (χ2n) is 6.14. The van der Waals surface area contributed by atoms with Gasteiger partial charge in [-0.3, -0.25) is 4.79 Å². The van der Waals surface area contributed by atoms with E-state index in [9.17, 15) is 10.1 Å². The molecule has 0 aromatic heterocycles. The van der Waals surface area contributed by atoms with Crippen LogP contribution in [0.1, 0.15) is 17.2 Å². The Kier molecular flexibility index (Phi) is 6.91. The molecule has 3 aromatic carbocycles. The molecule has 0 fully saturated rings. The Morgan fingerprint density at radius 3 is 2.03 bits per heavy atom. The maximum atomic E-state index is 12.8. The van der Waals surface area contributed by atoms with Crippen molar-refractivity contribution in [1.82, 2.24) is 5.32 Å². The number of carbonyl (C=O) groups excluding carboxylic acids is 1. The SMILES string of the molecule is N#C/C(=C/Nc1cccc(Cl)c1Cl)C(=O)NC(c1ccccc1)c1ccccc1. The van der Waals surface area contributed by atoms with Crippen LogP contribution in [0.5, 0.6) is 0 Å². The van der Waals surface area contributed by atoms with Gasteiger partial charge in [-0.25, -0.2) is 0 Å².